The lowest BCUT2D eigenvalue weighted by atomic mass is 9.77. The van der Waals surface area contributed by atoms with Crippen LogP contribution in [0.4, 0.5) is 11.4 Å². The van der Waals surface area contributed by atoms with Gasteiger partial charge in [0.1, 0.15) is 5.75 Å². The maximum Gasteiger partial charge on any atom is 0.319 e. The molecule has 3 aromatic rings. The van der Waals surface area contributed by atoms with E-state index in [1.54, 1.807) is 0 Å². The van der Waals surface area contributed by atoms with Crippen LogP contribution in [0.5, 0.6) is 5.75 Å². The first-order chi connectivity index (χ1) is 14.0. The third-order valence-corrected chi connectivity index (χ3v) is 5.59. The number of hydrogen-bond acceptors (Lipinski definition) is 4. The molecule has 1 unspecified atom stereocenters. The standard InChI is InChI=1S/C25H26N2O2/c1-26(2)19-13-9-17(10-14-19)23(18-11-15-20(16-12-18)27(3)4)24-21-7-5-6-8-22(21)29-25(24)28/h5-16,23-24H,1-4H3. The molecule has 4 nitrogen and oxygen atoms in total. The molecule has 0 aromatic heterocycles. The maximum absolute atomic E-state index is 12.9. The first kappa shape index (κ1) is 19.1. The number of para-hydroxylation sites is 1. The van der Waals surface area contributed by atoms with Gasteiger partial charge >= 0.3 is 5.97 Å². The van der Waals surface area contributed by atoms with Crippen molar-refractivity contribution in [2.45, 2.75) is 11.8 Å². The van der Waals surface area contributed by atoms with Crippen molar-refractivity contribution in [1.82, 2.24) is 0 Å². The van der Waals surface area contributed by atoms with Gasteiger partial charge in [-0.15, -0.1) is 0 Å². The van der Waals surface area contributed by atoms with Crippen LogP contribution < -0.4 is 14.5 Å². The van der Waals surface area contributed by atoms with E-state index in [-0.39, 0.29) is 17.8 Å². The number of ether oxygens (including phenoxy) is 1. The third-order valence-electron chi connectivity index (χ3n) is 5.59. The van der Waals surface area contributed by atoms with Crippen LogP contribution in [0.25, 0.3) is 0 Å². The summed E-state index contributed by atoms with van der Waals surface area (Å²) in [7, 11) is 8.10. The Balaban J connectivity index is 1.82. The van der Waals surface area contributed by atoms with Crippen LogP contribution in [0.1, 0.15) is 28.5 Å². The second-order valence-electron chi connectivity index (χ2n) is 7.89. The fraction of sp³-hybridized carbons (Fsp3) is 0.240. The van der Waals surface area contributed by atoms with Gasteiger partial charge in [0.2, 0.25) is 0 Å². The minimum atomic E-state index is -0.360. The Morgan fingerprint density at radius 3 is 1.69 bits per heavy atom. The van der Waals surface area contributed by atoms with Crippen LogP contribution in [-0.4, -0.2) is 34.2 Å². The highest BCUT2D eigenvalue weighted by atomic mass is 16.5. The van der Waals surface area contributed by atoms with E-state index in [4.69, 9.17) is 4.74 Å². The summed E-state index contributed by atoms with van der Waals surface area (Å²) in [6.45, 7) is 0. The second-order valence-corrected chi connectivity index (χ2v) is 7.89. The first-order valence-corrected chi connectivity index (χ1v) is 9.81. The molecular formula is C25H26N2O2. The van der Waals surface area contributed by atoms with E-state index >= 15 is 0 Å². The molecule has 1 aliphatic rings. The van der Waals surface area contributed by atoms with Crippen molar-refractivity contribution >= 4 is 17.3 Å². The van der Waals surface area contributed by atoms with Crippen molar-refractivity contribution < 1.29 is 9.53 Å². The van der Waals surface area contributed by atoms with Gasteiger partial charge in [-0.2, -0.15) is 0 Å². The Bertz CT molecular complexity index is 956. The lowest BCUT2D eigenvalue weighted by molar-refractivity contribution is -0.134. The normalized spacial score (nSPS) is 15.2. The second kappa shape index (κ2) is 7.63. The van der Waals surface area contributed by atoms with Crippen molar-refractivity contribution in [1.29, 1.82) is 0 Å². The van der Waals surface area contributed by atoms with Gasteiger partial charge in [0.25, 0.3) is 0 Å². The average Bonchev–Trinajstić information content (AvgIpc) is 3.05. The molecule has 0 bridgehead atoms. The number of esters is 1. The van der Waals surface area contributed by atoms with Crippen LogP contribution in [-0.2, 0) is 4.79 Å². The summed E-state index contributed by atoms with van der Waals surface area (Å²) in [5, 5.41) is 0. The minimum Gasteiger partial charge on any atom is -0.426 e. The van der Waals surface area contributed by atoms with Gasteiger partial charge in [0.15, 0.2) is 0 Å². The lowest BCUT2D eigenvalue weighted by Gasteiger charge is -2.24. The number of rotatable bonds is 5. The van der Waals surface area contributed by atoms with E-state index in [2.05, 4.69) is 58.3 Å². The molecule has 148 valence electrons. The zero-order valence-electron chi connectivity index (χ0n) is 17.3. The molecule has 0 amide bonds. The highest BCUT2D eigenvalue weighted by molar-refractivity contribution is 5.88. The number of hydrogen-bond donors (Lipinski definition) is 0. The molecule has 0 spiro atoms. The van der Waals surface area contributed by atoms with Gasteiger partial charge in [-0.1, -0.05) is 42.5 Å². The number of nitrogens with zero attached hydrogens (tertiary/aromatic N) is 2. The largest absolute Gasteiger partial charge is 0.426 e. The average molecular weight is 386 g/mol. The summed E-state index contributed by atoms with van der Waals surface area (Å²) in [4.78, 5) is 17.1. The molecule has 4 heteroatoms. The molecule has 0 fully saturated rings. The Labute approximate surface area is 172 Å². The molecule has 29 heavy (non-hydrogen) atoms. The van der Waals surface area contributed by atoms with Gasteiger partial charge in [-0.05, 0) is 41.5 Å². The molecule has 0 aliphatic carbocycles. The molecule has 0 radical (unpaired) electrons. The zero-order chi connectivity index (χ0) is 20.5. The number of benzene rings is 3. The fourth-order valence-corrected chi connectivity index (χ4v) is 3.98. The number of carbonyl (C=O) groups is 1. The highest BCUT2D eigenvalue weighted by Crippen LogP contribution is 2.46. The van der Waals surface area contributed by atoms with E-state index in [0.29, 0.717) is 5.75 Å². The summed E-state index contributed by atoms with van der Waals surface area (Å²) in [6.07, 6.45) is 0. The number of fused-ring (bicyclic) bond motifs is 1. The predicted octanol–water partition coefficient (Wildman–Crippen LogP) is 4.65. The van der Waals surface area contributed by atoms with Crippen molar-refractivity contribution in [3.63, 3.8) is 0 Å². The molecule has 3 aromatic carbocycles. The highest BCUT2D eigenvalue weighted by Gasteiger charge is 2.40. The van der Waals surface area contributed by atoms with E-state index in [1.807, 2.05) is 52.5 Å². The molecule has 0 N–H and O–H groups in total. The van der Waals surface area contributed by atoms with E-state index in [1.165, 1.54) is 0 Å². The SMILES string of the molecule is CN(C)c1ccc(C(c2ccc(N(C)C)cc2)C2C(=O)Oc3ccccc32)cc1. The minimum absolute atomic E-state index is 0.112. The van der Waals surface area contributed by atoms with Crippen molar-refractivity contribution in [3.05, 3.63) is 89.5 Å². The van der Waals surface area contributed by atoms with Gasteiger partial charge in [-0.25, -0.2) is 0 Å². The Hall–Kier alpha value is -3.27. The smallest absolute Gasteiger partial charge is 0.319 e. The van der Waals surface area contributed by atoms with Gasteiger partial charge < -0.3 is 14.5 Å². The van der Waals surface area contributed by atoms with Crippen molar-refractivity contribution in [2.24, 2.45) is 0 Å². The van der Waals surface area contributed by atoms with Crippen LogP contribution in [0.3, 0.4) is 0 Å². The van der Waals surface area contributed by atoms with E-state index in [0.717, 1.165) is 28.1 Å². The fourth-order valence-electron chi connectivity index (χ4n) is 3.98. The van der Waals surface area contributed by atoms with Gasteiger partial charge in [0.05, 0.1) is 5.92 Å². The van der Waals surface area contributed by atoms with Gasteiger partial charge in [-0.3, -0.25) is 4.79 Å². The van der Waals surface area contributed by atoms with E-state index < -0.39 is 0 Å². The third kappa shape index (κ3) is 3.58. The molecule has 0 saturated heterocycles. The van der Waals surface area contributed by atoms with Crippen molar-refractivity contribution in [3.8, 4) is 5.75 Å². The van der Waals surface area contributed by atoms with Crippen molar-refractivity contribution in [2.75, 3.05) is 38.0 Å². The Morgan fingerprint density at radius 2 is 1.21 bits per heavy atom. The summed E-state index contributed by atoms with van der Waals surface area (Å²) >= 11 is 0. The number of anilines is 2. The predicted molar refractivity (Wildman–Crippen MR) is 118 cm³/mol. The molecule has 1 heterocycles. The summed E-state index contributed by atoms with van der Waals surface area (Å²) < 4.78 is 5.61. The topological polar surface area (TPSA) is 32.8 Å². The molecule has 4 rings (SSSR count). The Morgan fingerprint density at radius 1 is 0.724 bits per heavy atom. The van der Waals surface area contributed by atoms with Crippen LogP contribution in [0.15, 0.2) is 72.8 Å². The maximum atomic E-state index is 12.9. The molecule has 1 atom stereocenters. The lowest BCUT2D eigenvalue weighted by Crippen LogP contribution is -2.20. The van der Waals surface area contributed by atoms with Crippen LogP contribution in [0, 0.1) is 0 Å². The summed E-state index contributed by atoms with van der Waals surface area (Å²) in [6, 6.07) is 24.6. The summed E-state index contributed by atoms with van der Waals surface area (Å²) in [5.74, 6) is 0.00656. The quantitative estimate of drug-likeness (QED) is 0.472. The molecular weight excluding hydrogens is 360 g/mol. The molecule has 1 aliphatic heterocycles. The van der Waals surface area contributed by atoms with Crippen LogP contribution >= 0.6 is 0 Å². The number of carbonyl (C=O) groups excluding carboxylic acids is 1. The molecule has 0 saturated carbocycles. The van der Waals surface area contributed by atoms with E-state index in [9.17, 15) is 4.79 Å². The summed E-state index contributed by atoms with van der Waals surface area (Å²) in [5.41, 5.74) is 5.42. The monoisotopic (exact) mass is 386 g/mol. The Kier molecular flexibility index (Phi) is 5.01. The van der Waals surface area contributed by atoms with Crippen LogP contribution in [0.2, 0.25) is 0 Å². The zero-order valence-corrected chi connectivity index (χ0v) is 17.3. The van der Waals surface area contributed by atoms with Gasteiger partial charge in [0, 0.05) is 51.0 Å². The first-order valence-electron chi connectivity index (χ1n) is 9.81.